The topological polar surface area (TPSA) is 121 Å². The van der Waals surface area contributed by atoms with Gasteiger partial charge in [-0.2, -0.15) is 0 Å². The van der Waals surface area contributed by atoms with Crippen molar-refractivity contribution < 1.29 is 24.0 Å². The third-order valence-electron chi connectivity index (χ3n) is 3.79. The first kappa shape index (κ1) is 20.0. The molecule has 3 rings (SSSR count). The summed E-state index contributed by atoms with van der Waals surface area (Å²) in [7, 11) is 1.58. The number of carbonyl (C=O) groups is 2. The minimum absolute atomic E-state index is 0.221. The summed E-state index contributed by atoms with van der Waals surface area (Å²) in [5, 5.41) is 15.6. The Hall–Kier alpha value is -3.79. The maximum atomic E-state index is 12.0. The summed E-state index contributed by atoms with van der Waals surface area (Å²) in [6.45, 7) is -0.595. The summed E-state index contributed by atoms with van der Waals surface area (Å²) >= 11 is 1.22. The van der Waals surface area contributed by atoms with Crippen LogP contribution >= 0.6 is 11.3 Å². The second kappa shape index (κ2) is 8.93. The highest BCUT2D eigenvalue weighted by atomic mass is 32.1. The molecular formula is C19H15N3O6S. The van der Waals surface area contributed by atoms with E-state index in [0.717, 1.165) is 11.3 Å². The van der Waals surface area contributed by atoms with Gasteiger partial charge in [-0.3, -0.25) is 20.2 Å². The summed E-state index contributed by atoms with van der Waals surface area (Å²) in [4.78, 5) is 38.7. The highest BCUT2D eigenvalue weighted by molar-refractivity contribution is 7.14. The van der Waals surface area contributed by atoms with E-state index in [0.29, 0.717) is 10.8 Å². The van der Waals surface area contributed by atoms with Gasteiger partial charge >= 0.3 is 5.97 Å². The molecule has 1 heterocycles. The zero-order chi connectivity index (χ0) is 20.8. The molecule has 10 heteroatoms. The SMILES string of the molecule is COc1ccc(-c2csc(NC(=O)COC(=O)c3ccccc3[N+](=O)[O-])n2)cc1. The van der Waals surface area contributed by atoms with Crippen molar-refractivity contribution in [1.29, 1.82) is 0 Å². The molecule has 0 bridgehead atoms. The molecule has 1 amide bonds. The number of benzene rings is 2. The van der Waals surface area contributed by atoms with E-state index in [4.69, 9.17) is 9.47 Å². The van der Waals surface area contributed by atoms with E-state index < -0.39 is 23.4 Å². The Morgan fingerprint density at radius 2 is 1.90 bits per heavy atom. The van der Waals surface area contributed by atoms with E-state index in [2.05, 4.69) is 10.3 Å². The van der Waals surface area contributed by atoms with E-state index in [-0.39, 0.29) is 11.3 Å². The van der Waals surface area contributed by atoms with E-state index >= 15 is 0 Å². The number of nitro groups is 1. The summed E-state index contributed by atoms with van der Waals surface area (Å²) < 4.78 is 9.99. The number of ether oxygens (including phenoxy) is 2. The zero-order valence-electron chi connectivity index (χ0n) is 15.2. The number of para-hydroxylation sites is 1. The lowest BCUT2D eigenvalue weighted by atomic mass is 10.2. The van der Waals surface area contributed by atoms with Crippen LogP contribution in [0.3, 0.4) is 0 Å². The molecule has 0 aliphatic carbocycles. The Balaban J connectivity index is 1.58. The van der Waals surface area contributed by atoms with Crippen LogP contribution < -0.4 is 10.1 Å². The van der Waals surface area contributed by atoms with E-state index in [1.54, 1.807) is 24.6 Å². The second-order valence-corrected chi connectivity index (χ2v) is 6.52. The predicted octanol–water partition coefficient (Wildman–Crippen LogP) is 3.52. The van der Waals surface area contributed by atoms with Gasteiger partial charge in [0.15, 0.2) is 11.7 Å². The Bertz CT molecular complexity index is 1050. The number of hydrogen-bond acceptors (Lipinski definition) is 8. The van der Waals surface area contributed by atoms with Gasteiger partial charge < -0.3 is 9.47 Å². The molecule has 0 spiro atoms. The molecule has 0 aliphatic heterocycles. The van der Waals surface area contributed by atoms with Crippen LogP contribution in [0.4, 0.5) is 10.8 Å². The molecule has 0 saturated heterocycles. The van der Waals surface area contributed by atoms with Crippen molar-refractivity contribution in [2.75, 3.05) is 19.0 Å². The number of carbonyl (C=O) groups excluding carboxylic acids is 2. The van der Waals surface area contributed by atoms with Crippen LogP contribution in [0.2, 0.25) is 0 Å². The maximum absolute atomic E-state index is 12.0. The summed E-state index contributed by atoms with van der Waals surface area (Å²) in [6.07, 6.45) is 0. The van der Waals surface area contributed by atoms with Gasteiger partial charge in [0.2, 0.25) is 0 Å². The van der Waals surface area contributed by atoms with Crippen LogP contribution in [-0.4, -0.2) is 35.5 Å². The van der Waals surface area contributed by atoms with Crippen LogP contribution in [0.5, 0.6) is 5.75 Å². The van der Waals surface area contributed by atoms with Crippen molar-refractivity contribution in [3.8, 4) is 17.0 Å². The molecule has 0 radical (unpaired) electrons. The molecule has 148 valence electrons. The number of anilines is 1. The first-order chi connectivity index (χ1) is 14.0. The number of nitrogens with one attached hydrogen (secondary N) is 1. The first-order valence-corrected chi connectivity index (χ1v) is 9.16. The zero-order valence-corrected chi connectivity index (χ0v) is 16.0. The number of nitrogens with zero attached hydrogens (tertiary/aromatic N) is 2. The monoisotopic (exact) mass is 413 g/mol. The molecule has 1 N–H and O–H groups in total. The van der Waals surface area contributed by atoms with Gasteiger partial charge in [0.1, 0.15) is 11.3 Å². The van der Waals surface area contributed by atoms with Crippen molar-refractivity contribution in [1.82, 2.24) is 4.98 Å². The molecule has 3 aromatic rings. The second-order valence-electron chi connectivity index (χ2n) is 5.66. The molecule has 9 nitrogen and oxygen atoms in total. The third-order valence-corrected chi connectivity index (χ3v) is 4.55. The Kier molecular flexibility index (Phi) is 6.15. The van der Waals surface area contributed by atoms with Crippen LogP contribution in [0.25, 0.3) is 11.3 Å². The van der Waals surface area contributed by atoms with Gasteiger partial charge in [-0.05, 0) is 30.3 Å². The molecule has 1 aromatic heterocycles. The van der Waals surface area contributed by atoms with E-state index in [1.165, 1.54) is 35.6 Å². The number of hydrogen-bond donors (Lipinski definition) is 1. The molecule has 0 unspecified atom stereocenters. The van der Waals surface area contributed by atoms with Crippen molar-refractivity contribution in [3.05, 3.63) is 69.6 Å². The lowest BCUT2D eigenvalue weighted by molar-refractivity contribution is -0.385. The van der Waals surface area contributed by atoms with Crippen molar-refractivity contribution in [2.45, 2.75) is 0 Å². The van der Waals surface area contributed by atoms with Gasteiger partial charge in [0.25, 0.3) is 11.6 Å². The highest BCUT2D eigenvalue weighted by Crippen LogP contribution is 2.26. The Morgan fingerprint density at radius 3 is 2.59 bits per heavy atom. The number of methoxy groups -OCH3 is 1. The van der Waals surface area contributed by atoms with Crippen molar-refractivity contribution in [2.24, 2.45) is 0 Å². The number of esters is 1. The summed E-state index contributed by atoms with van der Waals surface area (Å²) in [5.41, 5.74) is 0.915. The van der Waals surface area contributed by atoms with Crippen LogP contribution in [0.15, 0.2) is 53.9 Å². The van der Waals surface area contributed by atoms with Gasteiger partial charge in [0, 0.05) is 17.0 Å². The molecule has 0 atom stereocenters. The third kappa shape index (κ3) is 4.93. The molecule has 0 saturated carbocycles. The largest absolute Gasteiger partial charge is 0.497 e. The average Bonchev–Trinajstić information content (AvgIpc) is 3.20. The number of rotatable bonds is 7. The Morgan fingerprint density at radius 1 is 1.17 bits per heavy atom. The van der Waals surface area contributed by atoms with Crippen LogP contribution in [-0.2, 0) is 9.53 Å². The molecule has 0 aliphatic rings. The normalized spacial score (nSPS) is 10.2. The lowest BCUT2D eigenvalue weighted by Crippen LogP contribution is -2.21. The quantitative estimate of drug-likeness (QED) is 0.357. The molecule has 29 heavy (non-hydrogen) atoms. The highest BCUT2D eigenvalue weighted by Gasteiger charge is 2.21. The maximum Gasteiger partial charge on any atom is 0.345 e. The fourth-order valence-corrected chi connectivity index (χ4v) is 3.13. The molecule has 0 fully saturated rings. The van der Waals surface area contributed by atoms with Gasteiger partial charge in [-0.15, -0.1) is 11.3 Å². The van der Waals surface area contributed by atoms with Crippen LogP contribution in [0, 0.1) is 10.1 Å². The predicted molar refractivity (Wildman–Crippen MR) is 106 cm³/mol. The molecule has 2 aromatic carbocycles. The number of amides is 1. The van der Waals surface area contributed by atoms with Gasteiger partial charge in [-0.25, -0.2) is 9.78 Å². The minimum Gasteiger partial charge on any atom is -0.497 e. The Labute approximate surface area is 169 Å². The summed E-state index contributed by atoms with van der Waals surface area (Å²) in [5.74, 6) is -0.837. The lowest BCUT2D eigenvalue weighted by Gasteiger charge is -2.05. The van der Waals surface area contributed by atoms with Crippen LogP contribution in [0.1, 0.15) is 10.4 Å². The standard InChI is InChI=1S/C19H15N3O6S/c1-27-13-8-6-12(7-9-13)15-11-29-19(20-15)21-17(23)10-28-18(24)14-4-2-3-5-16(14)22(25)26/h2-9,11H,10H2,1H3,(H,20,21,23). The van der Waals surface area contributed by atoms with E-state index in [9.17, 15) is 19.7 Å². The van der Waals surface area contributed by atoms with Gasteiger partial charge in [-0.1, -0.05) is 12.1 Å². The molecular weight excluding hydrogens is 398 g/mol. The van der Waals surface area contributed by atoms with Crippen molar-refractivity contribution >= 4 is 34.0 Å². The number of nitro benzene ring substituents is 1. The smallest absolute Gasteiger partial charge is 0.345 e. The fraction of sp³-hybridized carbons (Fsp3) is 0.105. The van der Waals surface area contributed by atoms with E-state index in [1.807, 2.05) is 12.1 Å². The van der Waals surface area contributed by atoms with Crippen molar-refractivity contribution in [3.63, 3.8) is 0 Å². The fourth-order valence-electron chi connectivity index (χ4n) is 2.40. The first-order valence-electron chi connectivity index (χ1n) is 8.28. The minimum atomic E-state index is -0.953. The summed E-state index contributed by atoms with van der Waals surface area (Å²) in [6, 6.07) is 12.6. The number of thiazole rings is 1. The van der Waals surface area contributed by atoms with Gasteiger partial charge in [0.05, 0.1) is 17.7 Å². The average molecular weight is 413 g/mol. The number of aromatic nitrogens is 1.